The predicted octanol–water partition coefficient (Wildman–Crippen LogP) is 4.30. The zero-order chi connectivity index (χ0) is 13.9. The second-order valence-corrected chi connectivity index (χ2v) is 5.65. The highest BCUT2D eigenvalue weighted by molar-refractivity contribution is 5.27. The molecule has 1 aromatic carbocycles. The lowest BCUT2D eigenvalue weighted by molar-refractivity contribution is -0.137. The Morgan fingerprint density at radius 2 is 1.68 bits per heavy atom. The topological polar surface area (TPSA) is 26.0 Å². The molecule has 0 aliphatic heterocycles. The average molecular weight is 271 g/mol. The average Bonchev–Trinajstić information content (AvgIpc) is 2.53. The highest BCUT2D eigenvalue weighted by atomic mass is 19.4. The molecule has 2 rings (SSSR count). The maximum atomic E-state index is 12.7. The fourth-order valence-electron chi connectivity index (χ4n) is 2.87. The van der Waals surface area contributed by atoms with Gasteiger partial charge in [-0.3, -0.25) is 0 Å². The maximum Gasteiger partial charge on any atom is 0.416 e. The van der Waals surface area contributed by atoms with Crippen LogP contribution < -0.4 is 5.73 Å². The van der Waals surface area contributed by atoms with Gasteiger partial charge >= 0.3 is 6.18 Å². The summed E-state index contributed by atoms with van der Waals surface area (Å²) in [4.78, 5) is 0. The maximum absolute atomic E-state index is 12.7. The lowest BCUT2D eigenvalue weighted by Crippen LogP contribution is -2.41. The second-order valence-electron chi connectivity index (χ2n) is 5.65. The van der Waals surface area contributed by atoms with Crippen molar-refractivity contribution in [3.63, 3.8) is 0 Å². The third kappa shape index (κ3) is 3.96. The van der Waals surface area contributed by atoms with Crippen LogP contribution in [0.2, 0.25) is 0 Å². The minimum Gasteiger partial charge on any atom is -0.325 e. The smallest absolute Gasteiger partial charge is 0.325 e. The fraction of sp³-hybridized carbons (Fsp3) is 0.600. The van der Waals surface area contributed by atoms with E-state index in [9.17, 15) is 13.2 Å². The molecule has 1 nitrogen and oxygen atoms in total. The van der Waals surface area contributed by atoms with E-state index < -0.39 is 11.7 Å². The minimum absolute atomic E-state index is 0.333. The van der Waals surface area contributed by atoms with E-state index >= 15 is 0 Å². The molecule has 1 aliphatic rings. The molecule has 0 unspecified atom stereocenters. The predicted molar refractivity (Wildman–Crippen MR) is 69.8 cm³/mol. The van der Waals surface area contributed by atoms with E-state index in [0.717, 1.165) is 31.7 Å². The summed E-state index contributed by atoms with van der Waals surface area (Å²) in [5, 5.41) is 0. The standard InChI is InChI=1S/C15H20F3N/c16-15(17,18)13-7-5-6-12(10-13)11-14(19)8-3-1-2-4-9-14/h5-7,10H,1-4,8-9,11,19H2. The van der Waals surface area contributed by atoms with Crippen LogP contribution in [0.25, 0.3) is 0 Å². The van der Waals surface area contributed by atoms with E-state index in [1.165, 1.54) is 25.0 Å². The van der Waals surface area contributed by atoms with Gasteiger partial charge in [0.2, 0.25) is 0 Å². The molecule has 2 N–H and O–H groups in total. The van der Waals surface area contributed by atoms with Gasteiger partial charge in [0.25, 0.3) is 0 Å². The summed E-state index contributed by atoms with van der Waals surface area (Å²) in [6, 6.07) is 5.56. The summed E-state index contributed by atoms with van der Waals surface area (Å²) in [5.41, 5.74) is 6.15. The summed E-state index contributed by atoms with van der Waals surface area (Å²) in [6.45, 7) is 0. The Labute approximate surface area is 112 Å². The van der Waals surface area contributed by atoms with E-state index in [2.05, 4.69) is 0 Å². The van der Waals surface area contributed by atoms with Gasteiger partial charge in [0.1, 0.15) is 0 Å². The summed E-state index contributed by atoms with van der Waals surface area (Å²) in [5.74, 6) is 0. The van der Waals surface area contributed by atoms with Crippen molar-refractivity contribution in [1.29, 1.82) is 0 Å². The zero-order valence-electron chi connectivity index (χ0n) is 11.0. The molecule has 106 valence electrons. The van der Waals surface area contributed by atoms with Crippen LogP contribution in [0.5, 0.6) is 0 Å². The van der Waals surface area contributed by atoms with Crippen LogP contribution in [0.3, 0.4) is 0 Å². The lowest BCUT2D eigenvalue weighted by atomic mass is 9.84. The molecule has 1 aromatic rings. The molecular weight excluding hydrogens is 251 g/mol. The molecule has 1 saturated carbocycles. The molecule has 0 aromatic heterocycles. The Morgan fingerprint density at radius 3 is 2.26 bits per heavy atom. The summed E-state index contributed by atoms with van der Waals surface area (Å²) in [7, 11) is 0. The van der Waals surface area contributed by atoms with Gasteiger partial charge < -0.3 is 5.73 Å². The molecule has 0 spiro atoms. The summed E-state index contributed by atoms with van der Waals surface area (Å²) >= 11 is 0. The van der Waals surface area contributed by atoms with Crippen LogP contribution in [0.1, 0.15) is 49.7 Å². The van der Waals surface area contributed by atoms with E-state index in [-0.39, 0.29) is 5.54 Å². The highest BCUT2D eigenvalue weighted by Gasteiger charge is 2.31. The zero-order valence-corrected chi connectivity index (χ0v) is 11.0. The highest BCUT2D eigenvalue weighted by Crippen LogP contribution is 2.32. The molecule has 1 aliphatic carbocycles. The molecule has 0 atom stereocenters. The number of halogens is 3. The van der Waals surface area contributed by atoms with Gasteiger partial charge in [-0.05, 0) is 30.9 Å². The Bertz CT molecular complexity index is 418. The van der Waals surface area contributed by atoms with Crippen LogP contribution >= 0.6 is 0 Å². The molecule has 0 heterocycles. The van der Waals surface area contributed by atoms with Crippen LogP contribution in [-0.2, 0) is 12.6 Å². The number of benzene rings is 1. The molecule has 4 heteroatoms. The van der Waals surface area contributed by atoms with E-state index in [1.54, 1.807) is 6.07 Å². The normalized spacial score (nSPS) is 20.0. The van der Waals surface area contributed by atoms with Gasteiger partial charge in [0.15, 0.2) is 0 Å². The molecule has 0 amide bonds. The Morgan fingerprint density at radius 1 is 1.05 bits per heavy atom. The summed E-state index contributed by atoms with van der Waals surface area (Å²) in [6.07, 6.45) is 2.60. The molecule has 0 saturated heterocycles. The first-order valence-electron chi connectivity index (χ1n) is 6.84. The van der Waals surface area contributed by atoms with Gasteiger partial charge in [-0.25, -0.2) is 0 Å². The number of hydrogen-bond donors (Lipinski definition) is 1. The largest absolute Gasteiger partial charge is 0.416 e. The fourth-order valence-corrected chi connectivity index (χ4v) is 2.87. The Kier molecular flexibility index (Phi) is 4.19. The first kappa shape index (κ1) is 14.4. The number of alkyl halides is 3. The Hall–Kier alpha value is -1.03. The first-order chi connectivity index (χ1) is 8.89. The van der Waals surface area contributed by atoms with Crippen LogP contribution in [0.4, 0.5) is 13.2 Å². The van der Waals surface area contributed by atoms with Crippen molar-refractivity contribution in [2.24, 2.45) is 5.73 Å². The molecule has 0 bridgehead atoms. The van der Waals surface area contributed by atoms with Crippen molar-refractivity contribution in [2.45, 2.75) is 56.7 Å². The second kappa shape index (κ2) is 5.53. The van der Waals surface area contributed by atoms with Crippen molar-refractivity contribution < 1.29 is 13.2 Å². The quantitative estimate of drug-likeness (QED) is 0.797. The third-order valence-corrected chi connectivity index (χ3v) is 3.91. The molecular formula is C15H20F3N. The van der Waals surface area contributed by atoms with Crippen molar-refractivity contribution >= 4 is 0 Å². The minimum atomic E-state index is -4.28. The van der Waals surface area contributed by atoms with Crippen molar-refractivity contribution in [1.82, 2.24) is 0 Å². The van der Waals surface area contributed by atoms with Gasteiger partial charge in [-0.1, -0.05) is 43.9 Å². The van der Waals surface area contributed by atoms with Gasteiger partial charge in [0, 0.05) is 5.54 Å². The van der Waals surface area contributed by atoms with Gasteiger partial charge in [-0.2, -0.15) is 13.2 Å². The first-order valence-corrected chi connectivity index (χ1v) is 6.84. The number of hydrogen-bond acceptors (Lipinski definition) is 1. The van der Waals surface area contributed by atoms with Crippen molar-refractivity contribution in [3.05, 3.63) is 35.4 Å². The molecule has 19 heavy (non-hydrogen) atoms. The third-order valence-electron chi connectivity index (χ3n) is 3.91. The monoisotopic (exact) mass is 271 g/mol. The molecule has 1 fully saturated rings. The Balaban J connectivity index is 2.14. The van der Waals surface area contributed by atoms with E-state index in [4.69, 9.17) is 5.73 Å². The van der Waals surface area contributed by atoms with E-state index in [0.29, 0.717) is 12.0 Å². The van der Waals surface area contributed by atoms with Gasteiger partial charge in [0.05, 0.1) is 5.56 Å². The van der Waals surface area contributed by atoms with Crippen molar-refractivity contribution in [2.75, 3.05) is 0 Å². The number of rotatable bonds is 2. The van der Waals surface area contributed by atoms with Gasteiger partial charge in [-0.15, -0.1) is 0 Å². The summed E-state index contributed by atoms with van der Waals surface area (Å²) < 4.78 is 38.0. The van der Waals surface area contributed by atoms with Crippen LogP contribution in [0.15, 0.2) is 24.3 Å². The lowest BCUT2D eigenvalue weighted by Gasteiger charge is -2.28. The molecule has 0 radical (unpaired) electrons. The van der Waals surface area contributed by atoms with Crippen LogP contribution in [0, 0.1) is 0 Å². The SMILES string of the molecule is NC1(Cc2cccc(C(F)(F)F)c2)CCCCCC1. The number of nitrogens with two attached hydrogens (primary N) is 1. The van der Waals surface area contributed by atoms with Crippen molar-refractivity contribution in [3.8, 4) is 0 Å². The van der Waals surface area contributed by atoms with Crippen LogP contribution in [-0.4, -0.2) is 5.54 Å². The van der Waals surface area contributed by atoms with E-state index in [1.807, 2.05) is 0 Å².